The Morgan fingerprint density at radius 1 is 0.806 bits per heavy atom. The van der Waals surface area contributed by atoms with E-state index in [1.54, 1.807) is 24.3 Å². The molecule has 31 heavy (non-hydrogen) atoms. The van der Waals surface area contributed by atoms with Gasteiger partial charge in [0.1, 0.15) is 4.21 Å². The summed E-state index contributed by atoms with van der Waals surface area (Å²) in [6, 6.07) is 9.35. The van der Waals surface area contributed by atoms with Gasteiger partial charge in [0.05, 0.1) is 11.3 Å². The van der Waals surface area contributed by atoms with Crippen molar-refractivity contribution in [3.63, 3.8) is 0 Å². The van der Waals surface area contributed by atoms with Crippen molar-refractivity contribution in [3.05, 3.63) is 41.3 Å². The van der Waals surface area contributed by atoms with Crippen molar-refractivity contribution in [1.29, 1.82) is 0 Å². The van der Waals surface area contributed by atoms with Gasteiger partial charge in [-0.1, -0.05) is 0 Å². The van der Waals surface area contributed by atoms with E-state index < -0.39 is 20.0 Å². The lowest BCUT2D eigenvalue weighted by molar-refractivity contribution is -0.115. The molecule has 0 atom stereocenters. The van der Waals surface area contributed by atoms with Gasteiger partial charge < -0.3 is 5.32 Å². The minimum atomic E-state index is -3.49. The van der Waals surface area contributed by atoms with Crippen LogP contribution in [0.1, 0.15) is 30.6 Å². The van der Waals surface area contributed by atoms with Crippen LogP contribution in [0.5, 0.6) is 0 Å². The smallest absolute Gasteiger partial charge is 0.252 e. The van der Waals surface area contributed by atoms with E-state index in [2.05, 4.69) is 5.32 Å². The van der Waals surface area contributed by atoms with E-state index in [4.69, 9.17) is 0 Å². The minimum Gasteiger partial charge on any atom is -0.326 e. The molecule has 2 saturated heterocycles. The lowest BCUT2D eigenvalue weighted by Gasteiger charge is -2.15. The first kappa shape index (κ1) is 22.4. The molecule has 2 fully saturated rings. The lowest BCUT2D eigenvalue weighted by atomic mass is 10.3. The Morgan fingerprint density at radius 3 is 1.94 bits per heavy atom. The third kappa shape index (κ3) is 4.85. The summed E-state index contributed by atoms with van der Waals surface area (Å²) >= 11 is 1.11. The second-order valence-electron chi connectivity index (χ2n) is 7.69. The molecule has 1 amide bonds. The van der Waals surface area contributed by atoms with Crippen molar-refractivity contribution in [2.45, 2.75) is 41.2 Å². The van der Waals surface area contributed by atoms with Crippen LogP contribution in [0.2, 0.25) is 0 Å². The van der Waals surface area contributed by atoms with E-state index >= 15 is 0 Å². The van der Waals surface area contributed by atoms with Gasteiger partial charge in [-0.3, -0.25) is 4.79 Å². The van der Waals surface area contributed by atoms with Crippen molar-refractivity contribution in [2.75, 3.05) is 31.5 Å². The number of nitrogens with zero attached hydrogens (tertiary/aromatic N) is 2. The van der Waals surface area contributed by atoms with Gasteiger partial charge in [-0.25, -0.2) is 16.8 Å². The average Bonchev–Trinajstić information content (AvgIpc) is 3.50. The number of hydrogen-bond donors (Lipinski definition) is 1. The quantitative estimate of drug-likeness (QED) is 0.652. The molecule has 0 saturated carbocycles. The average molecular weight is 484 g/mol. The Bertz CT molecular complexity index is 1140. The molecule has 2 aromatic rings. The van der Waals surface area contributed by atoms with Crippen LogP contribution in [0.4, 0.5) is 5.69 Å². The third-order valence-electron chi connectivity index (χ3n) is 5.47. The Morgan fingerprint density at radius 2 is 1.35 bits per heavy atom. The summed E-state index contributed by atoms with van der Waals surface area (Å²) in [6.45, 7) is 2.16. The van der Waals surface area contributed by atoms with Gasteiger partial charge >= 0.3 is 0 Å². The monoisotopic (exact) mass is 483 g/mol. The SMILES string of the molecule is O=C(Cc1ccc(S(=O)(=O)N2CCCC2)s1)Nc1ccc(S(=O)(=O)N2CCCC2)cc1. The zero-order valence-electron chi connectivity index (χ0n) is 17.0. The Balaban J connectivity index is 1.37. The van der Waals surface area contributed by atoms with Gasteiger partial charge in [0, 0.05) is 36.7 Å². The van der Waals surface area contributed by atoms with Crippen LogP contribution in [0, 0.1) is 0 Å². The molecule has 1 aromatic carbocycles. The van der Waals surface area contributed by atoms with Gasteiger partial charge in [-0.2, -0.15) is 8.61 Å². The zero-order chi connectivity index (χ0) is 22.1. The number of sulfonamides is 2. The Hall–Kier alpha value is -1.79. The van der Waals surface area contributed by atoms with Crippen LogP contribution >= 0.6 is 11.3 Å². The highest BCUT2D eigenvalue weighted by atomic mass is 32.2. The molecule has 0 spiro atoms. The van der Waals surface area contributed by atoms with Crippen LogP contribution in [0.3, 0.4) is 0 Å². The van der Waals surface area contributed by atoms with E-state index in [0.717, 1.165) is 37.0 Å². The molecule has 11 heteroatoms. The molecular formula is C20H25N3O5S3. The summed E-state index contributed by atoms with van der Waals surface area (Å²) in [6.07, 6.45) is 3.54. The fraction of sp³-hybridized carbons (Fsp3) is 0.450. The molecule has 0 aliphatic carbocycles. The van der Waals surface area contributed by atoms with Crippen molar-refractivity contribution >= 4 is 43.0 Å². The first-order valence-corrected chi connectivity index (χ1v) is 14.0. The predicted molar refractivity (Wildman–Crippen MR) is 119 cm³/mol. The van der Waals surface area contributed by atoms with Crippen LogP contribution in [-0.2, 0) is 31.3 Å². The second kappa shape index (κ2) is 8.99. The summed E-state index contributed by atoms with van der Waals surface area (Å²) in [5.41, 5.74) is 0.492. The Kier molecular flexibility index (Phi) is 6.50. The van der Waals surface area contributed by atoms with Gasteiger partial charge in [0.2, 0.25) is 15.9 Å². The zero-order valence-corrected chi connectivity index (χ0v) is 19.4. The maximum atomic E-state index is 12.6. The van der Waals surface area contributed by atoms with Crippen LogP contribution in [0.15, 0.2) is 45.5 Å². The molecule has 2 aliphatic rings. The van der Waals surface area contributed by atoms with Crippen molar-refractivity contribution in [2.24, 2.45) is 0 Å². The van der Waals surface area contributed by atoms with Crippen molar-refractivity contribution in [3.8, 4) is 0 Å². The maximum absolute atomic E-state index is 12.6. The van der Waals surface area contributed by atoms with Gasteiger partial charge in [0.25, 0.3) is 10.0 Å². The number of amides is 1. The van der Waals surface area contributed by atoms with Crippen LogP contribution in [0.25, 0.3) is 0 Å². The number of carbonyl (C=O) groups excluding carboxylic acids is 1. The summed E-state index contributed by atoms with van der Waals surface area (Å²) < 4.78 is 53.6. The molecule has 1 N–H and O–H groups in total. The first-order valence-electron chi connectivity index (χ1n) is 10.3. The standard InChI is InChI=1S/C20H25N3O5S3/c24-19(15-17-7-10-20(29-17)31(27,28)23-13-3-4-14-23)21-16-5-8-18(9-6-16)30(25,26)22-11-1-2-12-22/h5-10H,1-4,11-15H2,(H,21,24). The second-order valence-corrected chi connectivity index (χ2v) is 13.0. The molecule has 0 bridgehead atoms. The molecule has 3 heterocycles. The van der Waals surface area contributed by atoms with Gasteiger partial charge in [-0.05, 0) is 62.1 Å². The summed E-state index contributed by atoms with van der Waals surface area (Å²) in [5.74, 6) is -0.290. The molecule has 4 rings (SSSR count). The van der Waals surface area contributed by atoms with Gasteiger partial charge in [-0.15, -0.1) is 11.3 Å². The van der Waals surface area contributed by atoms with Crippen molar-refractivity contribution in [1.82, 2.24) is 8.61 Å². The normalized spacial score (nSPS) is 18.5. The number of benzene rings is 1. The highest BCUT2D eigenvalue weighted by Crippen LogP contribution is 2.28. The molecule has 8 nitrogen and oxygen atoms in total. The third-order valence-corrected chi connectivity index (χ3v) is 10.8. The van der Waals surface area contributed by atoms with E-state index in [0.29, 0.717) is 36.7 Å². The van der Waals surface area contributed by atoms with E-state index in [-0.39, 0.29) is 21.4 Å². The van der Waals surface area contributed by atoms with Gasteiger partial charge in [0.15, 0.2) is 0 Å². The maximum Gasteiger partial charge on any atom is 0.252 e. The van der Waals surface area contributed by atoms with E-state index in [9.17, 15) is 21.6 Å². The number of anilines is 1. The van der Waals surface area contributed by atoms with E-state index in [1.165, 1.54) is 20.7 Å². The molecular weight excluding hydrogens is 458 g/mol. The summed E-state index contributed by atoms with van der Waals surface area (Å²) in [4.78, 5) is 13.3. The lowest BCUT2D eigenvalue weighted by Crippen LogP contribution is -2.27. The number of thiophene rings is 1. The topological polar surface area (TPSA) is 104 Å². The van der Waals surface area contributed by atoms with Crippen molar-refractivity contribution < 1.29 is 21.6 Å². The first-order chi connectivity index (χ1) is 14.8. The number of carbonyl (C=O) groups is 1. The van der Waals surface area contributed by atoms with Crippen LogP contribution in [-0.4, -0.2) is 57.5 Å². The fourth-order valence-electron chi connectivity index (χ4n) is 3.80. The van der Waals surface area contributed by atoms with E-state index in [1.807, 2.05) is 0 Å². The highest BCUT2D eigenvalue weighted by Gasteiger charge is 2.29. The molecule has 0 unspecified atom stereocenters. The number of hydrogen-bond acceptors (Lipinski definition) is 6. The molecule has 2 aliphatic heterocycles. The largest absolute Gasteiger partial charge is 0.326 e. The molecule has 1 aromatic heterocycles. The number of rotatable bonds is 7. The summed E-state index contributed by atoms with van der Waals surface area (Å²) in [7, 11) is -6.97. The minimum absolute atomic E-state index is 0.0496. The fourth-order valence-corrected chi connectivity index (χ4v) is 8.34. The molecule has 0 radical (unpaired) electrons. The number of nitrogens with one attached hydrogen (secondary N) is 1. The van der Waals surface area contributed by atoms with Crippen LogP contribution < -0.4 is 5.32 Å². The molecule has 168 valence electrons. The highest BCUT2D eigenvalue weighted by molar-refractivity contribution is 7.91. The summed E-state index contributed by atoms with van der Waals surface area (Å²) in [5, 5.41) is 2.74. The Labute approximate surface area is 187 Å². The predicted octanol–water partition coefficient (Wildman–Crippen LogP) is 2.50.